The molecule has 3 amide bonds. The number of nitrogens with two attached hydrogens (primary N) is 4. The number of hydrogen-bond acceptors (Lipinski definition) is 8. The molecule has 0 heterocycles. The van der Waals surface area contributed by atoms with E-state index in [2.05, 4.69) is 20.9 Å². The monoisotopic (exact) mass is 530 g/mol. The van der Waals surface area contributed by atoms with E-state index in [1.165, 1.54) is 0 Å². The maximum Gasteiger partial charge on any atom is 0.326 e. The van der Waals surface area contributed by atoms with E-state index < -0.39 is 59.7 Å². The number of aliphatic carboxylic acids is 2. The predicted octanol–water partition coefficient (Wildman–Crippen LogP) is -2.44. The number of hydrogen-bond donors (Lipinski definition) is 9. The fourth-order valence-corrected chi connectivity index (χ4v) is 3.26. The molecule has 37 heavy (non-hydrogen) atoms. The second-order valence-corrected chi connectivity index (χ2v) is 8.96. The maximum atomic E-state index is 13.1. The zero-order chi connectivity index (χ0) is 28.5. The summed E-state index contributed by atoms with van der Waals surface area (Å²) in [5.41, 5.74) is 21.9. The third-order valence-electron chi connectivity index (χ3n) is 5.39. The van der Waals surface area contributed by atoms with Crippen LogP contribution in [0.3, 0.4) is 0 Å². The number of carbonyl (C=O) groups is 5. The molecule has 0 spiro atoms. The second kappa shape index (κ2) is 17.9. The molecule has 4 unspecified atom stereocenters. The van der Waals surface area contributed by atoms with E-state index in [0.29, 0.717) is 25.8 Å². The lowest BCUT2D eigenvalue weighted by Gasteiger charge is -2.26. The molecule has 0 bridgehead atoms. The first-order chi connectivity index (χ1) is 17.3. The summed E-state index contributed by atoms with van der Waals surface area (Å²) in [4.78, 5) is 64.7. The van der Waals surface area contributed by atoms with Gasteiger partial charge in [0.05, 0.1) is 6.04 Å². The number of carboxylic acid groups (broad SMARTS) is 2. The van der Waals surface area contributed by atoms with Crippen LogP contribution in [0.15, 0.2) is 4.99 Å². The Morgan fingerprint density at radius 2 is 1.35 bits per heavy atom. The van der Waals surface area contributed by atoms with E-state index in [0.717, 1.165) is 0 Å². The van der Waals surface area contributed by atoms with Crippen LogP contribution < -0.4 is 38.9 Å². The highest BCUT2D eigenvalue weighted by Crippen LogP contribution is 2.08. The third-order valence-corrected chi connectivity index (χ3v) is 5.39. The maximum absolute atomic E-state index is 13.1. The normalized spacial score (nSPS) is 14.1. The van der Waals surface area contributed by atoms with Crippen molar-refractivity contribution in [3.63, 3.8) is 0 Å². The second-order valence-electron chi connectivity index (χ2n) is 8.96. The Labute approximate surface area is 216 Å². The fraction of sp³-hybridized carbons (Fsp3) is 0.727. The third kappa shape index (κ3) is 14.6. The Hall–Kier alpha value is -3.46. The molecule has 0 fully saturated rings. The van der Waals surface area contributed by atoms with Crippen molar-refractivity contribution < 1.29 is 34.2 Å². The van der Waals surface area contributed by atoms with Gasteiger partial charge in [-0.2, -0.15) is 0 Å². The summed E-state index contributed by atoms with van der Waals surface area (Å²) in [7, 11) is 0. The first-order valence-electron chi connectivity index (χ1n) is 12.2. The molecule has 0 saturated carbocycles. The van der Waals surface area contributed by atoms with Gasteiger partial charge in [0, 0.05) is 13.0 Å². The van der Waals surface area contributed by atoms with Gasteiger partial charge >= 0.3 is 11.9 Å². The lowest BCUT2D eigenvalue weighted by molar-refractivity contribution is -0.143. The summed E-state index contributed by atoms with van der Waals surface area (Å²) in [6.45, 7) is 3.81. The smallest absolute Gasteiger partial charge is 0.326 e. The molecule has 0 aromatic rings. The van der Waals surface area contributed by atoms with Crippen LogP contribution in [0.2, 0.25) is 0 Å². The van der Waals surface area contributed by atoms with Gasteiger partial charge < -0.3 is 49.1 Å². The average Bonchev–Trinajstić information content (AvgIpc) is 2.81. The van der Waals surface area contributed by atoms with Gasteiger partial charge in [-0.15, -0.1) is 0 Å². The number of nitrogens with one attached hydrogen (secondary N) is 3. The molecule has 15 nitrogen and oxygen atoms in total. The molecule has 212 valence electrons. The highest BCUT2D eigenvalue weighted by atomic mass is 16.4. The van der Waals surface area contributed by atoms with E-state index in [9.17, 15) is 29.1 Å². The largest absolute Gasteiger partial charge is 0.481 e. The highest BCUT2D eigenvalue weighted by Gasteiger charge is 2.31. The van der Waals surface area contributed by atoms with Gasteiger partial charge in [0.25, 0.3) is 0 Å². The standard InChI is InChI=1S/C22H42N8O7/c1-12(2)17(21(36)37)30-20(35)14(6-3-4-10-23)29-19(34)15(7-5-11-27-22(25)26)28-18(33)13(24)8-9-16(31)32/h12-15,17H,3-11,23-24H2,1-2H3,(H,28,33)(H,29,34)(H,30,35)(H,31,32)(H,36,37)(H4,25,26,27). The molecule has 4 atom stereocenters. The number of nitrogens with zero attached hydrogens (tertiary/aromatic N) is 1. The predicted molar refractivity (Wildman–Crippen MR) is 136 cm³/mol. The topological polar surface area (TPSA) is 278 Å². The molecule has 0 radical (unpaired) electrons. The Balaban J connectivity index is 5.62. The molecule has 0 aromatic carbocycles. The number of unbranched alkanes of at least 4 members (excludes halogenated alkanes) is 1. The quantitative estimate of drug-likeness (QED) is 0.0480. The van der Waals surface area contributed by atoms with Crippen LogP contribution in [0.1, 0.15) is 58.8 Å². The van der Waals surface area contributed by atoms with Crippen LogP contribution in [0.25, 0.3) is 0 Å². The van der Waals surface area contributed by atoms with E-state index in [4.69, 9.17) is 28.0 Å². The summed E-state index contributed by atoms with van der Waals surface area (Å²) in [6, 6.07) is -4.56. The fourth-order valence-electron chi connectivity index (χ4n) is 3.26. The van der Waals surface area contributed by atoms with Gasteiger partial charge in [0.15, 0.2) is 5.96 Å². The van der Waals surface area contributed by atoms with Crippen LogP contribution in [0.5, 0.6) is 0 Å². The van der Waals surface area contributed by atoms with Crippen molar-refractivity contribution >= 4 is 35.6 Å². The van der Waals surface area contributed by atoms with Crippen molar-refractivity contribution in [1.29, 1.82) is 0 Å². The SMILES string of the molecule is CC(C)C(NC(=O)C(CCCCN)NC(=O)C(CCCN=C(N)N)NC(=O)C(N)CCC(=O)O)C(=O)O. The Morgan fingerprint density at radius 1 is 0.811 bits per heavy atom. The van der Waals surface area contributed by atoms with Crippen molar-refractivity contribution in [3.05, 3.63) is 0 Å². The lowest BCUT2D eigenvalue weighted by atomic mass is 10.0. The lowest BCUT2D eigenvalue weighted by Crippen LogP contribution is -2.57. The Morgan fingerprint density at radius 3 is 1.84 bits per heavy atom. The van der Waals surface area contributed by atoms with Crippen molar-refractivity contribution in [2.24, 2.45) is 33.8 Å². The number of amides is 3. The first kappa shape index (κ1) is 33.5. The first-order valence-corrected chi connectivity index (χ1v) is 12.2. The molecule has 0 saturated heterocycles. The number of carboxylic acids is 2. The van der Waals surface area contributed by atoms with Crippen LogP contribution in [-0.4, -0.2) is 83.1 Å². The number of rotatable bonds is 19. The summed E-state index contributed by atoms with van der Waals surface area (Å²) in [6.07, 6.45) is 1.14. The summed E-state index contributed by atoms with van der Waals surface area (Å²) in [5, 5.41) is 25.7. The van der Waals surface area contributed by atoms with Gasteiger partial charge in [-0.1, -0.05) is 13.8 Å². The summed E-state index contributed by atoms with van der Waals surface area (Å²) in [5.74, 6) is -5.01. The van der Waals surface area contributed by atoms with Gasteiger partial charge in [0.2, 0.25) is 17.7 Å². The molecule has 0 aromatic heterocycles. The van der Waals surface area contributed by atoms with E-state index in [1.54, 1.807) is 13.8 Å². The van der Waals surface area contributed by atoms with Crippen LogP contribution in [0, 0.1) is 5.92 Å². The minimum absolute atomic E-state index is 0.0842. The van der Waals surface area contributed by atoms with E-state index in [1.807, 2.05) is 0 Å². The van der Waals surface area contributed by atoms with Crippen molar-refractivity contribution in [2.75, 3.05) is 13.1 Å². The Bertz CT molecular complexity index is 802. The number of aliphatic imine (C=N–C) groups is 1. The molecule has 0 rings (SSSR count). The highest BCUT2D eigenvalue weighted by molar-refractivity contribution is 5.94. The Kier molecular flexibility index (Phi) is 16.2. The zero-order valence-corrected chi connectivity index (χ0v) is 21.4. The molecule has 13 N–H and O–H groups in total. The van der Waals surface area contributed by atoms with Gasteiger partial charge in [-0.25, -0.2) is 4.79 Å². The minimum Gasteiger partial charge on any atom is -0.481 e. The van der Waals surface area contributed by atoms with Crippen LogP contribution in [0.4, 0.5) is 0 Å². The molecule has 15 heteroatoms. The van der Waals surface area contributed by atoms with Crippen LogP contribution >= 0.6 is 0 Å². The van der Waals surface area contributed by atoms with Crippen molar-refractivity contribution in [2.45, 2.75) is 83.0 Å². The number of carbonyl (C=O) groups excluding carboxylic acids is 3. The van der Waals surface area contributed by atoms with Gasteiger partial charge in [-0.3, -0.25) is 24.2 Å². The van der Waals surface area contributed by atoms with Gasteiger partial charge in [0.1, 0.15) is 18.1 Å². The molecular weight excluding hydrogens is 488 g/mol. The van der Waals surface area contributed by atoms with Crippen molar-refractivity contribution in [1.82, 2.24) is 16.0 Å². The summed E-state index contributed by atoms with van der Waals surface area (Å²) >= 11 is 0. The molecular formula is C22H42N8O7. The van der Waals surface area contributed by atoms with Crippen LogP contribution in [-0.2, 0) is 24.0 Å². The van der Waals surface area contributed by atoms with Crippen molar-refractivity contribution in [3.8, 4) is 0 Å². The average molecular weight is 531 g/mol. The zero-order valence-electron chi connectivity index (χ0n) is 21.4. The summed E-state index contributed by atoms with van der Waals surface area (Å²) < 4.78 is 0. The molecule has 0 aliphatic rings. The molecule has 0 aliphatic heterocycles. The molecule has 0 aliphatic carbocycles. The minimum atomic E-state index is -1.21. The van der Waals surface area contributed by atoms with E-state index in [-0.39, 0.29) is 38.2 Å². The van der Waals surface area contributed by atoms with E-state index >= 15 is 0 Å². The number of guanidine groups is 1. The van der Waals surface area contributed by atoms with Gasteiger partial charge in [-0.05, 0) is 51.0 Å².